The fourth-order valence-corrected chi connectivity index (χ4v) is 2.87. The Bertz CT molecular complexity index is 1130. The molecule has 0 aliphatic rings. The Labute approximate surface area is 160 Å². The zero-order valence-corrected chi connectivity index (χ0v) is 15.2. The largest absolute Gasteiger partial charge is 0.489 e. The quantitative estimate of drug-likeness (QED) is 0.542. The average molecular weight is 374 g/mol. The molecule has 0 saturated heterocycles. The van der Waals surface area contributed by atoms with Gasteiger partial charge in [-0.1, -0.05) is 36.0 Å². The lowest BCUT2D eigenvalue weighted by atomic mass is 10.1. The molecule has 0 unspecified atom stereocenters. The topological polar surface area (TPSA) is 103 Å². The molecule has 3 aromatic rings. The van der Waals surface area contributed by atoms with E-state index in [9.17, 15) is 10.1 Å². The van der Waals surface area contributed by atoms with Crippen molar-refractivity contribution in [3.05, 3.63) is 75.6 Å². The van der Waals surface area contributed by atoms with Crippen molar-refractivity contribution >= 4 is 11.8 Å². The van der Waals surface area contributed by atoms with E-state index in [1.54, 1.807) is 48.7 Å². The van der Waals surface area contributed by atoms with Crippen LogP contribution in [0.3, 0.4) is 0 Å². The van der Waals surface area contributed by atoms with Gasteiger partial charge in [-0.05, 0) is 36.1 Å². The molecule has 0 aliphatic heterocycles. The van der Waals surface area contributed by atoms with Crippen molar-refractivity contribution < 1.29 is 4.74 Å². The molecule has 3 rings (SSSR count). The van der Waals surface area contributed by atoms with Crippen molar-refractivity contribution in [1.29, 1.82) is 10.5 Å². The highest BCUT2D eigenvalue weighted by Gasteiger charge is 2.13. The van der Waals surface area contributed by atoms with Gasteiger partial charge < -0.3 is 9.72 Å². The standard InChI is InChI=1S/C20H14N4O2S/c1-27-20-23-18(17(11-22)19(25)24-20)15-6-3-7-16(9-15)26-12-14-5-2-4-13(8-14)10-21/h2-9H,12H2,1H3,(H,23,24,25). The number of nitriles is 2. The minimum atomic E-state index is -0.466. The van der Waals surface area contributed by atoms with Crippen LogP contribution in [0, 0.1) is 22.7 Å². The molecule has 0 spiro atoms. The van der Waals surface area contributed by atoms with Crippen LogP contribution in [0.1, 0.15) is 16.7 Å². The van der Waals surface area contributed by atoms with Crippen LogP contribution in [0.2, 0.25) is 0 Å². The molecule has 6 nitrogen and oxygen atoms in total. The van der Waals surface area contributed by atoms with E-state index >= 15 is 0 Å². The summed E-state index contributed by atoms with van der Waals surface area (Å²) < 4.78 is 5.80. The van der Waals surface area contributed by atoms with Gasteiger partial charge in [-0.3, -0.25) is 4.79 Å². The van der Waals surface area contributed by atoms with Gasteiger partial charge in [-0.25, -0.2) is 4.98 Å². The molecule has 132 valence electrons. The summed E-state index contributed by atoms with van der Waals surface area (Å²) in [5, 5.41) is 18.7. The van der Waals surface area contributed by atoms with Crippen LogP contribution in [0.4, 0.5) is 0 Å². The molecule has 27 heavy (non-hydrogen) atoms. The summed E-state index contributed by atoms with van der Waals surface area (Å²) in [7, 11) is 0. The van der Waals surface area contributed by atoms with Gasteiger partial charge in [-0.15, -0.1) is 0 Å². The number of nitrogens with one attached hydrogen (secondary N) is 1. The Morgan fingerprint density at radius 1 is 1.15 bits per heavy atom. The number of rotatable bonds is 5. The molecular formula is C20H14N4O2S. The third-order valence-corrected chi connectivity index (χ3v) is 4.35. The first-order valence-electron chi connectivity index (χ1n) is 7.95. The predicted octanol–water partition coefficient (Wildman–Crippen LogP) is 3.48. The Kier molecular flexibility index (Phi) is 5.55. The maximum absolute atomic E-state index is 12.1. The van der Waals surface area contributed by atoms with Gasteiger partial charge in [0.2, 0.25) is 0 Å². The van der Waals surface area contributed by atoms with Gasteiger partial charge in [0.1, 0.15) is 24.0 Å². The minimum Gasteiger partial charge on any atom is -0.489 e. The Balaban J connectivity index is 1.90. The third kappa shape index (κ3) is 4.17. The van der Waals surface area contributed by atoms with Gasteiger partial charge in [0.15, 0.2) is 5.16 Å². The van der Waals surface area contributed by atoms with Crippen molar-refractivity contribution in [2.24, 2.45) is 0 Å². The molecule has 0 fully saturated rings. The zero-order valence-electron chi connectivity index (χ0n) is 14.4. The van der Waals surface area contributed by atoms with Gasteiger partial charge in [0.05, 0.1) is 17.3 Å². The second kappa shape index (κ2) is 8.22. The lowest BCUT2D eigenvalue weighted by Gasteiger charge is -2.09. The number of aromatic amines is 1. The van der Waals surface area contributed by atoms with Crippen LogP contribution in [0.5, 0.6) is 5.75 Å². The molecule has 0 radical (unpaired) electrons. The Hall–Kier alpha value is -3.55. The summed E-state index contributed by atoms with van der Waals surface area (Å²) in [4.78, 5) is 19.0. The highest BCUT2D eigenvalue weighted by Crippen LogP contribution is 2.25. The van der Waals surface area contributed by atoms with E-state index in [4.69, 9.17) is 10.00 Å². The number of hydrogen-bond acceptors (Lipinski definition) is 6. The van der Waals surface area contributed by atoms with Gasteiger partial charge in [0, 0.05) is 5.56 Å². The van der Waals surface area contributed by atoms with Gasteiger partial charge in [-0.2, -0.15) is 10.5 Å². The second-order valence-corrected chi connectivity index (χ2v) is 6.33. The van der Waals surface area contributed by atoms with E-state index in [0.29, 0.717) is 34.3 Å². The van der Waals surface area contributed by atoms with Crippen LogP contribution in [0.25, 0.3) is 11.3 Å². The second-order valence-electron chi connectivity index (χ2n) is 5.54. The van der Waals surface area contributed by atoms with Crippen molar-refractivity contribution in [2.75, 3.05) is 6.26 Å². The smallest absolute Gasteiger partial charge is 0.270 e. The van der Waals surface area contributed by atoms with E-state index in [-0.39, 0.29) is 5.56 Å². The maximum Gasteiger partial charge on any atom is 0.270 e. The van der Waals surface area contributed by atoms with Crippen molar-refractivity contribution in [1.82, 2.24) is 9.97 Å². The van der Waals surface area contributed by atoms with Gasteiger partial charge in [0.25, 0.3) is 5.56 Å². The molecule has 1 heterocycles. The molecule has 1 aromatic heterocycles. The van der Waals surface area contributed by atoms with E-state index in [1.807, 2.05) is 12.1 Å². The zero-order chi connectivity index (χ0) is 19.2. The van der Waals surface area contributed by atoms with E-state index in [1.165, 1.54) is 11.8 Å². The molecule has 7 heteroatoms. The van der Waals surface area contributed by atoms with E-state index in [0.717, 1.165) is 5.56 Å². The van der Waals surface area contributed by atoms with Crippen LogP contribution < -0.4 is 10.3 Å². The summed E-state index contributed by atoms with van der Waals surface area (Å²) in [6, 6.07) is 18.3. The molecule has 0 saturated carbocycles. The Morgan fingerprint density at radius 3 is 2.70 bits per heavy atom. The van der Waals surface area contributed by atoms with E-state index < -0.39 is 5.56 Å². The normalized spacial score (nSPS) is 10.0. The summed E-state index contributed by atoms with van der Waals surface area (Å²) in [6.45, 7) is 0.295. The number of hydrogen-bond donors (Lipinski definition) is 1. The summed E-state index contributed by atoms with van der Waals surface area (Å²) >= 11 is 1.29. The molecular weight excluding hydrogens is 360 g/mol. The fourth-order valence-electron chi connectivity index (χ4n) is 2.49. The van der Waals surface area contributed by atoms with Crippen LogP contribution >= 0.6 is 11.8 Å². The maximum atomic E-state index is 12.1. The third-order valence-electron chi connectivity index (χ3n) is 3.77. The summed E-state index contributed by atoms with van der Waals surface area (Å²) in [5.74, 6) is 0.575. The lowest BCUT2D eigenvalue weighted by molar-refractivity contribution is 0.306. The van der Waals surface area contributed by atoms with Crippen LogP contribution in [-0.2, 0) is 6.61 Å². The number of benzene rings is 2. The minimum absolute atomic E-state index is 0.0355. The first-order chi connectivity index (χ1) is 13.1. The average Bonchev–Trinajstić information content (AvgIpc) is 2.72. The highest BCUT2D eigenvalue weighted by atomic mass is 32.2. The summed E-state index contributed by atoms with van der Waals surface area (Å²) in [5.41, 5.74) is 1.88. The molecule has 0 amide bonds. The molecule has 0 atom stereocenters. The number of nitrogens with zero attached hydrogens (tertiary/aromatic N) is 3. The molecule has 1 N–H and O–H groups in total. The lowest BCUT2D eigenvalue weighted by Crippen LogP contribution is -2.14. The molecule has 2 aromatic carbocycles. The van der Waals surface area contributed by atoms with Gasteiger partial charge >= 0.3 is 0 Å². The number of thioether (sulfide) groups is 1. The van der Waals surface area contributed by atoms with E-state index in [2.05, 4.69) is 16.0 Å². The SMILES string of the molecule is CSc1nc(-c2cccc(OCc3cccc(C#N)c3)c2)c(C#N)c(=O)[nH]1. The van der Waals surface area contributed by atoms with Crippen molar-refractivity contribution in [3.8, 4) is 29.1 Å². The highest BCUT2D eigenvalue weighted by molar-refractivity contribution is 7.98. The number of H-pyrrole nitrogens is 1. The Morgan fingerprint density at radius 2 is 1.96 bits per heavy atom. The molecule has 0 bridgehead atoms. The number of ether oxygens (including phenoxy) is 1. The van der Waals surface area contributed by atoms with Crippen LogP contribution in [-0.4, -0.2) is 16.2 Å². The van der Waals surface area contributed by atoms with Crippen molar-refractivity contribution in [3.63, 3.8) is 0 Å². The van der Waals surface area contributed by atoms with Crippen LogP contribution in [0.15, 0.2) is 58.5 Å². The first-order valence-corrected chi connectivity index (χ1v) is 9.17. The first kappa shape index (κ1) is 18.2. The summed E-state index contributed by atoms with van der Waals surface area (Å²) in [6.07, 6.45) is 1.79. The predicted molar refractivity (Wildman–Crippen MR) is 102 cm³/mol. The number of aromatic nitrogens is 2. The monoisotopic (exact) mass is 374 g/mol. The van der Waals surface area contributed by atoms with Crippen molar-refractivity contribution in [2.45, 2.75) is 11.8 Å². The fraction of sp³-hybridized carbons (Fsp3) is 0.100. The molecule has 0 aliphatic carbocycles.